The number of carbonyl (C=O) groups excluding carboxylic acids is 1. The standard InChI is InChI=1S/C20H21FN2O4S2/c1-27-13-15-18-16(21)8-5-9-17(18)28-19(15)20(24)22-10-11-29(25,26)23-12-14-6-3-2-4-7-14/h2-9,23H,10-13H2,1H3,(H,22,24). The van der Waals surface area contributed by atoms with Crippen LogP contribution in [-0.4, -0.2) is 33.7 Å². The van der Waals surface area contributed by atoms with Crippen molar-refractivity contribution < 1.29 is 22.3 Å². The minimum atomic E-state index is -3.56. The van der Waals surface area contributed by atoms with E-state index >= 15 is 0 Å². The largest absolute Gasteiger partial charge is 0.380 e. The van der Waals surface area contributed by atoms with E-state index in [2.05, 4.69) is 10.0 Å². The molecule has 0 bridgehead atoms. The highest BCUT2D eigenvalue weighted by Crippen LogP contribution is 2.33. The molecule has 0 atom stereocenters. The Hall–Kier alpha value is -2.33. The van der Waals surface area contributed by atoms with Gasteiger partial charge in [0.15, 0.2) is 0 Å². The third-order valence-electron chi connectivity index (χ3n) is 4.25. The summed E-state index contributed by atoms with van der Waals surface area (Å²) in [7, 11) is -2.09. The maximum atomic E-state index is 14.2. The van der Waals surface area contributed by atoms with E-state index in [-0.39, 0.29) is 25.4 Å². The molecule has 0 aliphatic heterocycles. The zero-order chi connectivity index (χ0) is 20.9. The van der Waals surface area contributed by atoms with Crippen LogP contribution in [0.3, 0.4) is 0 Å². The van der Waals surface area contributed by atoms with Crippen LogP contribution in [0, 0.1) is 5.82 Å². The topological polar surface area (TPSA) is 84.5 Å². The van der Waals surface area contributed by atoms with Crippen LogP contribution in [0.15, 0.2) is 48.5 Å². The number of carbonyl (C=O) groups is 1. The molecule has 2 aromatic carbocycles. The van der Waals surface area contributed by atoms with Crippen molar-refractivity contribution in [2.45, 2.75) is 13.2 Å². The molecule has 0 fully saturated rings. The molecular formula is C20H21FN2O4S2. The minimum Gasteiger partial charge on any atom is -0.380 e. The average Bonchev–Trinajstić information content (AvgIpc) is 3.07. The maximum absolute atomic E-state index is 14.2. The van der Waals surface area contributed by atoms with Gasteiger partial charge >= 0.3 is 0 Å². The first-order valence-corrected chi connectivity index (χ1v) is 11.4. The van der Waals surface area contributed by atoms with E-state index in [0.717, 1.165) is 16.9 Å². The Morgan fingerprint density at radius 1 is 1.14 bits per heavy atom. The van der Waals surface area contributed by atoms with Crippen molar-refractivity contribution in [2.75, 3.05) is 19.4 Å². The minimum absolute atomic E-state index is 0.0634. The number of benzene rings is 2. The molecule has 1 amide bonds. The predicted molar refractivity (Wildman–Crippen MR) is 112 cm³/mol. The smallest absolute Gasteiger partial charge is 0.261 e. The molecule has 1 heterocycles. The number of sulfonamides is 1. The summed E-state index contributed by atoms with van der Waals surface area (Å²) in [5.41, 5.74) is 1.31. The number of halogens is 1. The maximum Gasteiger partial charge on any atom is 0.261 e. The van der Waals surface area contributed by atoms with Crippen LogP contribution >= 0.6 is 11.3 Å². The van der Waals surface area contributed by atoms with Crippen LogP contribution < -0.4 is 10.0 Å². The van der Waals surface area contributed by atoms with Crippen LogP contribution in [-0.2, 0) is 27.9 Å². The summed E-state index contributed by atoms with van der Waals surface area (Å²) in [6.45, 7) is 0.206. The molecule has 0 aliphatic rings. The van der Waals surface area contributed by atoms with E-state index in [4.69, 9.17) is 4.74 Å². The Kier molecular flexibility index (Phi) is 6.96. The van der Waals surface area contributed by atoms with Gasteiger partial charge < -0.3 is 10.1 Å². The lowest BCUT2D eigenvalue weighted by molar-refractivity contribution is 0.0956. The normalized spacial score (nSPS) is 11.7. The average molecular weight is 437 g/mol. The molecule has 0 saturated heterocycles. The highest BCUT2D eigenvalue weighted by molar-refractivity contribution is 7.89. The summed E-state index contributed by atoms with van der Waals surface area (Å²) in [5.74, 6) is -1.13. The highest BCUT2D eigenvalue weighted by atomic mass is 32.2. The number of ether oxygens (including phenoxy) is 1. The molecule has 29 heavy (non-hydrogen) atoms. The number of rotatable bonds is 9. The second kappa shape index (κ2) is 9.45. The van der Waals surface area contributed by atoms with Crippen LogP contribution in [0.5, 0.6) is 0 Å². The number of fused-ring (bicyclic) bond motifs is 1. The van der Waals surface area contributed by atoms with Crippen molar-refractivity contribution in [2.24, 2.45) is 0 Å². The Morgan fingerprint density at radius 3 is 2.62 bits per heavy atom. The first-order valence-electron chi connectivity index (χ1n) is 8.89. The zero-order valence-electron chi connectivity index (χ0n) is 15.8. The Morgan fingerprint density at radius 2 is 1.90 bits per heavy atom. The summed E-state index contributed by atoms with van der Waals surface area (Å²) >= 11 is 1.15. The monoisotopic (exact) mass is 436 g/mol. The third kappa shape index (κ3) is 5.39. The molecule has 2 N–H and O–H groups in total. The molecule has 0 radical (unpaired) electrons. The van der Waals surface area contributed by atoms with Gasteiger partial charge in [-0.1, -0.05) is 36.4 Å². The fraction of sp³-hybridized carbons (Fsp3) is 0.250. The van der Waals surface area contributed by atoms with Crippen LogP contribution in [0.1, 0.15) is 20.8 Å². The fourth-order valence-corrected chi connectivity index (χ4v) is 4.91. The molecule has 154 valence electrons. The molecule has 3 rings (SSSR count). The second-order valence-electron chi connectivity index (χ2n) is 6.34. The van der Waals surface area contributed by atoms with Crippen LogP contribution in [0.4, 0.5) is 4.39 Å². The highest BCUT2D eigenvalue weighted by Gasteiger charge is 2.21. The molecule has 0 aliphatic carbocycles. The third-order valence-corrected chi connectivity index (χ3v) is 6.78. The van der Waals surface area contributed by atoms with E-state index in [0.29, 0.717) is 20.5 Å². The van der Waals surface area contributed by atoms with Gasteiger partial charge in [0.05, 0.1) is 17.2 Å². The van der Waals surface area contributed by atoms with E-state index < -0.39 is 21.7 Å². The molecule has 0 spiro atoms. The van der Waals surface area contributed by atoms with Crippen molar-refractivity contribution in [1.82, 2.24) is 10.0 Å². The lowest BCUT2D eigenvalue weighted by Crippen LogP contribution is -2.34. The molecule has 0 saturated carbocycles. The van der Waals surface area contributed by atoms with E-state index in [1.54, 1.807) is 12.1 Å². The van der Waals surface area contributed by atoms with Gasteiger partial charge in [-0.05, 0) is 17.7 Å². The molecule has 1 aromatic heterocycles. The van der Waals surface area contributed by atoms with Gasteiger partial charge in [-0.15, -0.1) is 11.3 Å². The molecule has 9 heteroatoms. The first kappa shape index (κ1) is 21.4. The number of hydrogen-bond donors (Lipinski definition) is 2. The number of hydrogen-bond acceptors (Lipinski definition) is 5. The second-order valence-corrected chi connectivity index (χ2v) is 9.32. The van der Waals surface area contributed by atoms with Gasteiger partial charge in [-0.2, -0.15) is 0 Å². The van der Waals surface area contributed by atoms with Crippen molar-refractivity contribution in [3.8, 4) is 0 Å². The molecule has 3 aromatic rings. The van der Waals surface area contributed by atoms with Crippen molar-refractivity contribution in [3.63, 3.8) is 0 Å². The van der Waals surface area contributed by atoms with Crippen LogP contribution in [0.2, 0.25) is 0 Å². The summed E-state index contributed by atoms with van der Waals surface area (Å²) in [6.07, 6.45) is 0. The molecule has 0 unspecified atom stereocenters. The Balaban J connectivity index is 1.63. The molecule has 6 nitrogen and oxygen atoms in total. The van der Waals surface area contributed by atoms with Gasteiger partial charge in [0.1, 0.15) is 5.82 Å². The van der Waals surface area contributed by atoms with Crippen molar-refractivity contribution >= 4 is 37.4 Å². The van der Waals surface area contributed by atoms with Gasteiger partial charge in [0, 0.05) is 35.8 Å². The van der Waals surface area contributed by atoms with Gasteiger partial charge in [-0.25, -0.2) is 17.5 Å². The van der Waals surface area contributed by atoms with Crippen molar-refractivity contribution in [1.29, 1.82) is 0 Å². The quantitative estimate of drug-likeness (QED) is 0.540. The van der Waals surface area contributed by atoms with E-state index in [1.807, 2.05) is 30.3 Å². The summed E-state index contributed by atoms with van der Waals surface area (Å²) in [4.78, 5) is 12.9. The first-order chi connectivity index (χ1) is 13.9. The molecular weight excluding hydrogens is 415 g/mol. The number of methoxy groups -OCH3 is 1. The SMILES string of the molecule is COCc1c(C(=O)NCCS(=O)(=O)NCc2ccccc2)sc2cccc(F)c12. The zero-order valence-corrected chi connectivity index (χ0v) is 17.4. The summed E-state index contributed by atoms with van der Waals surface area (Å²) in [6, 6.07) is 13.8. The van der Waals surface area contributed by atoms with E-state index in [1.165, 1.54) is 13.2 Å². The number of amides is 1. The predicted octanol–water partition coefficient (Wildman–Crippen LogP) is 3.04. The summed E-state index contributed by atoms with van der Waals surface area (Å²) < 4.78 is 46.8. The van der Waals surface area contributed by atoms with Crippen LogP contribution in [0.25, 0.3) is 10.1 Å². The lowest BCUT2D eigenvalue weighted by atomic mass is 10.1. The number of nitrogens with one attached hydrogen (secondary N) is 2. The Bertz CT molecular complexity index is 1100. The fourth-order valence-electron chi connectivity index (χ4n) is 2.87. The van der Waals surface area contributed by atoms with E-state index in [9.17, 15) is 17.6 Å². The van der Waals surface area contributed by atoms with Gasteiger partial charge in [0.2, 0.25) is 10.0 Å². The van der Waals surface area contributed by atoms with Gasteiger partial charge in [0.25, 0.3) is 5.91 Å². The Labute approximate surface area is 172 Å². The lowest BCUT2D eigenvalue weighted by Gasteiger charge is -2.09. The van der Waals surface area contributed by atoms with Crippen molar-refractivity contribution in [3.05, 3.63) is 70.4 Å². The summed E-state index contributed by atoms with van der Waals surface area (Å²) in [5, 5.41) is 2.97. The van der Waals surface area contributed by atoms with Gasteiger partial charge in [-0.3, -0.25) is 4.79 Å². The number of thiophene rings is 1.